The lowest BCUT2D eigenvalue weighted by atomic mass is 10.0. The maximum absolute atomic E-state index is 11.0. The molecule has 1 aliphatic rings. The third-order valence-corrected chi connectivity index (χ3v) is 3.14. The van der Waals surface area contributed by atoms with E-state index in [9.17, 15) is 4.79 Å². The van der Waals surface area contributed by atoms with E-state index in [-0.39, 0.29) is 0 Å². The van der Waals surface area contributed by atoms with Gasteiger partial charge in [0.1, 0.15) is 0 Å². The van der Waals surface area contributed by atoms with Gasteiger partial charge in [0.15, 0.2) is 0 Å². The summed E-state index contributed by atoms with van der Waals surface area (Å²) >= 11 is 0. The van der Waals surface area contributed by atoms with Crippen molar-refractivity contribution in [3.05, 3.63) is 35.4 Å². The number of hydrogen-bond donors (Lipinski definition) is 1. The number of carbonyl (C=O) groups is 1. The van der Waals surface area contributed by atoms with Gasteiger partial charge in [0.25, 0.3) is 0 Å². The van der Waals surface area contributed by atoms with Gasteiger partial charge in [-0.3, -0.25) is 0 Å². The number of carboxylic acids is 1. The van der Waals surface area contributed by atoms with Gasteiger partial charge in [-0.15, -0.1) is 0 Å². The zero-order chi connectivity index (χ0) is 11.4. The van der Waals surface area contributed by atoms with Crippen molar-refractivity contribution in [2.75, 3.05) is 19.6 Å². The summed E-state index contributed by atoms with van der Waals surface area (Å²) in [5.41, 5.74) is 1.39. The monoisotopic (exact) mass is 219 g/mol. The van der Waals surface area contributed by atoms with Gasteiger partial charge in [-0.1, -0.05) is 18.2 Å². The van der Waals surface area contributed by atoms with Gasteiger partial charge in [-0.25, -0.2) is 4.79 Å². The molecule has 0 atom stereocenters. The summed E-state index contributed by atoms with van der Waals surface area (Å²) in [5, 5.41) is 9.04. The van der Waals surface area contributed by atoms with Crippen molar-refractivity contribution in [3.8, 4) is 0 Å². The predicted molar refractivity (Wildman–Crippen MR) is 62.8 cm³/mol. The minimum atomic E-state index is -0.822. The standard InChI is InChI=1S/C13H17NO2/c15-13(16)12-6-2-1-5-11(12)7-10-14-8-3-4-9-14/h1-2,5-6H,3-4,7-10H2,(H,15,16). The van der Waals surface area contributed by atoms with Crippen molar-refractivity contribution in [2.24, 2.45) is 0 Å². The molecule has 3 nitrogen and oxygen atoms in total. The highest BCUT2D eigenvalue weighted by Crippen LogP contribution is 2.12. The number of hydrogen-bond acceptors (Lipinski definition) is 2. The average Bonchev–Trinajstić information content (AvgIpc) is 2.79. The summed E-state index contributed by atoms with van der Waals surface area (Å²) in [6.45, 7) is 3.30. The third kappa shape index (κ3) is 2.61. The fourth-order valence-corrected chi connectivity index (χ4v) is 2.23. The molecule has 0 radical (unpaired) electrons. The van der Waals surface area contributed by atoms with Gasteiger partial charge >= 0.3 is 5.97 Å². The number of nitrogens with zero attached hydrogens (tertiary/aromatic N) is 1. The van der Waals surface area contributed by atoms with Crippen molar-refractivity contribution < 1.29 is 9.90 Å². The van der Waals surface area contributed by atoms with Crippen LogP contribution in [0.4, 0.5) is 0 Å². The summed E-state index contributed by atoms with van der Waals surface area (Å²) in [6.07, 6.45) is 3.39. The second-order valence-electron chi connectivity index (χ2n) is 4.26. The van der Waals surface area contributed by atoms with Crippen molar-refractivity contribution >= 4 is 5.97 Å². The minimum absolute atomic E-state index is 0.446. The van der Waals surface area contributed by atoms with Gasteiger partial charge in [-0.2, -0.15) is 0 Å². The summed E-state index contributed by atoms with van der Waals surface area (Å²) < 4.78 is 0. The fourth-order valence-electron chi connectivity index (χ4n) is 2.23. The van der Waals surface area contributed by atoms with Crippen molar-refractivity contribution in [3.63, 3.8) is 0 Å². The lowest BCUT2D eigenvalue weighted by Gasteiger charge is -2.15. The molecule has 0 aliphatic carbocycles. The highest BCUT2D eigenvalue weighted by molar-refractivity contribution is 5.89. The van der Waals surface area contributed by atoms with Crippen LogP contribution in [0.1, 0.15) is 28.8 Å². The molecule has 0 spiro atoms. The summed E-state index contributed by atoms with van der Waals surface area (Å²) in [7, 11) is 0. The first-order valence-corrected chi connectivity index (χ1v) is 5.81. The van der Waals surface area contributed by atoms with Crippen LogP contribution in [0.2, 0.25) is 0 Å². The molecule has 1 heterocycles. The Morgan fingerprint density at radius 3 is 2.62 bits per heavy atom. The maximum atomic E-state index is 11.0. The topological polar surface area (TPSA) is 40.5 Å². The fraction of sp³-hybridized carbons (Fsp3) is 0.462. The Labute approximate surface area is 95.7 Å². The Balaban J connectivity index is 2.00. The van der Waals surface area contributed by atoms with E-state index >= 15 is 0 Å². The molecule has 0 unspecified atom stereocenters. The third-order valence-electron chi connectivity index (χ3n) is 3.14. The molecular formula is C13H17NO2. The molecule has 2 rings (SSSR count). The second kappa shape index (κ2) is 5.12. The molecule has 1 aromatic carbocycles. The highest BCUT2D eigenvalue weighted by atomic mass is 16.4. The normalized spacial score (nSPS) is 16.5. The molecule has 16 heavy (non-hydrogen) atoms. The minimum Gasteiger partial charge on any atom is -0.478 e. The van der Waals surface area contributed by atoms with E-state index < -0.39 is 5.97 Å². The summed E-state index contributed by atoms with van der Waals surface area (Å²) in [4.78, 5) is 13.4. The lowest BCUT2D eigenvalue weighted by molar-refractivity contribution is 0.0695. The number of likely N-dealkylation sites (tertiary alicyclic amines) is 1. The maximum Gasteiger partial charge on any atom is 0.335 e. The smallest absolute Gasteiger partial charge is 0.335 e. The highest BCUT2D eigenvalue weighted by Gasteiger charge is 2.13. The van der Waals surface area contributed by atoms with Crippen LogP contribution in [0, 0.1) is 0 Å². The molecule has 1 fully saturated rings. The second-order valence-corrected chi connectivity index (χ2v) is 4.26. The van der Waals surface area contributed by atoms with Crippen LogP contribution in [0.15, 0.2) is 24.3 Å². The van der Waals surface area contributed by atoms with Gasteiger partial charge in [-0.05, 0) is 44.0 Å². The average molecular weight is 219 g/mol. The summed E-state index contributed by atoms with van der Waals surface area (Å²) in [6, 6.07) is 7.29. The van der Waals surface area contributed by atoms with E-state index in [1.807, 2.05) is 12.1 Å². The van der Waals surface area contributed by atoms with Crippen LogP contribution in [-0.4, -0.2) is 35.6 Å². The van der Waals surface area contributed by atoms with Gasteiger partial charge < -0.3 is 10.0 Å². The molecule has 1 saturated heterocycles. The zero-order valence-electron chi connectivity index (χ0n) is 9.35. The van der Waals surface area contributed by atoms with Crippen molar-refractivity contribution in [1.82, 2.24) is 4.90 Å². The predicted octanol–water partition coefficient (Wildman–Crippen LogP) is 2.02. The number of aromatic carboxylic acids is 1. The molecule has 3 heteroatoms. The Hall–Kier alpha value is -1.35. The van der Waals surface area contributed by atoms with E-state index in [0.29, 0.717) is 5.56 Å². The number of carboxylic acid groups (broad SMARTS) is 1. The molecule has 86 valence electrons. The van der Waals surface area contributed by atoms with Crippen LogP contribution in [0.25, 0.3) is 0 Å². The molecule has 0 bridgehead atoms. The molecular weight excluding hydrogens is 202 g/mol. The van der Waals surface area contributed by atoms with Gasteiger partial charge in [0.2, 0.25) is 0 Å². The van der Waals surface area contributed by atoms with Gasteiger partial charge in [0.05, 0.1) is 5.56 Å². The SMILES string of the molecule is O=C(O)c1ccccc1CCN1CCCC1. The van der Waals surface area contributed by atoms with Crippen molar-refractivity contribution in [2.45, 2.75) is 19.3 Å². The first-order chi connectivity index (χ1) is 7.77. The Kier molecular flexibility index (Phi) is 3.57. The van der Waals surface area contributed by atoms with E-state index in [1.165, 1.54) is 12.8 Å². The van der Waals surface area contributed by atoms with Crippen molar-refractivity contribution in [1.29, 1.82) is 0 Å². The Morgan fingerprint density at radius 2 is 1.94 bits per heavy atom. The zero-order valence-corrected chi connectivity index (χ0v) is 9.35. The Morgan fingerprint density at radius 1 is 1.25 bits per heavy atom. The quantitative estimate of drug-likeness (QED) is 0.842. The lowest BCUT2D eigenvalue weighted by Crippen LogP contribution is -2.22. The van der Waals surface area contributed by atoms with Crippen LogP contribution < -0.4 is 0 Å². The first-order valence-electron chi connectivity index (χ1n) is 5.81. The molecule has 1 aliphatic heterocycles. The van der Waals surface area contributed by atoms with E-state index in [1.54, 1.807) is 12.1 Å². The van der Waals surface area contributed by atoms with E-state index in [0.717, 1.165) is 31.6 Å². The number of benzene rings is 1. The van der Waals surface area contributed by atoms with Crippen LogP contribution in [0.5, 0.6) is 0 Å². The van der Waals surface area contributed by atoms with Crippen LogP contribution >= 0.6 is 0 Å². The Bertz CT molecular complexity index is 370. The summed E-state index contributed by atoms with van der Waals surface area (Å²) in [5.74, 6) is -0.822. The molecule has 0 saturated carbocycles. The van der Waals surface area contributed by atoms with Crippen LogP contribution in [0.3, 0.4) is 0 Å². The van der Waals surface area contributed by atoms with Gasteiger partial charge in [0, 0.05) is 6.54 Å². The molecule has 0 amide bonds. The van der Waals surface area contributed by atoms with Crippen LogP contribution in [-0.2, 0) is 6.42 Å². The first kappa shape index (κ1) is 11.1. The molecule has 1 N–H and O–H groups in total. The van der Waals surface area contributed by atoms with E-state index in [4.69, 9.17) is 5.11 Å². The van der Waals surface area contributed by atoms with E-state index in [2.05, 4.69) is 4.90 Å². The molecule has 0 aromatic heterocycles. The molecule has 1 aromatic rings. The largest absolute Gasteiger partial charge is 0.478 e. The number of rotatable bonds is 4.